The fourth-order valence-corrected chi connectivity index (χ4v) is 4.43. The van der Waals surface area contributed by atoms with E-state index in [0.717, 1.165) is 57.3 Å². The lowest BCUT2D eigenvalue weighted by molar-refractivity contribution is -0.140. The molecule has 1 amide bonds. The number of ether oxygens (including phenoxy) is 1. The number of hydrogen-bond donors (Lipinski definition) is 1. The molecule has 1 atom stereocenters. The number of anilines is 1. The molecule has 8 nitrogen and oxygen atoms in total. The van der Waals surface area contributed by atoms with Gasteiger partial charge in [0.1, 0.15) is 18.2 Å². The fraction of sp³-hybridized carbons (Fsp3) is 0.483. The first-order chi connectivity index (χ1) is 17.9. The third kappa shape index (κ3) is 7.95. The summed E-state index contributed by atoms with van der Waals surface area (Å²) in [6, 6.07) is 13.0. The molecular formula is C29H35N5O3. The van der Waals surface area contributed by atoms with E-state index in [1.165, 1.54) is 13.5 Å². The third-order valence-corrected chi connectivity index (χ3v) is 6.63. The number of nitrogens with one attached hydrogen (secondary N) is 1. The van der Waals surface area contributed by atoms with Crippen LogP contribution < -0.4 is 10.2 Å². The third-order valence-electron chi connectivity index (χ3n) is 6.63. The minimum absolute atomic E-state index is 0.00363. The molecule has 1 aromatic carbocycles. The van der Waals surface area contributed by atoms with Gasteiger partial charge in [-0.05, 0) is 42.9 Å². The van der Waals surface area contributed by atoms with Crippen LogP contribution in [0.15, 0.2) is 41.1 Å². The molecule has 0 fully saturated rings. The quantitative estimate of drug-likeness (QED) is 0.212. The standard InChI is InChI=1S/C29H35N5O3/c1-4-6-10-21(5-2)20-34(16-9-7-8-11-26(35)37-3)24-14-12-22(13-15-24)27-25(19-32)28(33-29(27)36)23(17-30)18-31/h12-15,21H,4-11,16,20H2,1-3H3,(H,33,36). The molecule has 0 aromatic heterocycles. The van der Waals surface area contributed by atoms with Crippen molar-refractivity contribution in [3.8, 4) is 18.2 Å². The molecule has 1 aromatic rings. The number of rotatable bonds is 14. The van der Waals surface area contributed by atoms with Gasteiger partial charge in [-0.3, -0.25) is 9.59 Å². The number of nitriles is 3. The van der Waals surface area contributed by atoms with Crippen molar-refractivity contribution < 1.29 is 14.3 Å². The van der Waals surface area contributed by atoms with Crippen molar-refractivity contribution in [1.29, 1.82) is 15.8 Å². The number of hydrogen-bond acceptors (Lipinski definition) is 7. The molecule has 37 heavy (non-hydrogen) atoms. The molecule has 2 rings (SSSR count). The molecule has 0 bridgehead atoms. The highest BCUT2D eigenvalue weighted by molar-refractivity contribution is 6.26. The van der Waals surface area contributed by atoms with Gasteiger partial charge in [0.2, 0.25) is 0 Å². The van der Waals surface area contributed by atoms with E-state index in [-0.39, 0.29) is 28.4 Å². The van der Waals surface area contributed by atoms with Crippen molar-refractivity contribution in [3.05, 3.63) is 46.7 Å². The SMILES string of the molecule is CCCCC(CC)CN(CCCCCC(=O)OC)c1ccc(C2=C(C#N)C(=C(C#N)C#N)NC2=O)cc1. The minimum Gasteiger partial charge on any atom is -0.469 e. The largest absolute Gasteiger partial charge is 0.469 e. The number of esters is 1. The van der Waals surface area contributed by atoms with Gasteiger partial charge >= 0.3 is 5.97 Å². The summed E-state index contributed by atoms with van der Waals surface area (Å²) in [7, 11) is 1.41. The highest BCUT2D eigenvalue weighted by atomic mass is 16.5. The number of carbonyl (C=O) groups excluding carboxylic acids is 2. The highest BCUT2D eigenvalue weighted by Gasteiger charge is 2.31. The average molecular weight is 502 g/mol. The van der Waals surface area contributed by atoms with Crippen LogP contribution in [0.3, 0.4) is 0 Å². The first kappa shape index (κ1) is 29.1. The molecule has 1 aliphatic heterocycles. The zero-order valence-corrected chi connectivity index (χ0v) is 22.0. The van der Waals surface area contributed by atoms with Gasteiger partial charge in [-0.1, -0.05) is 51.7 Å². The van der Waals surface area contributed by atoms with Gasteiger partial charge in [0.05, 0.1) is 24.0 Å². The van der Waals surface area contributed by atoms with Gasteiger partial charge in [0.25, 0.3) is 5.91 Å². The predicted octanol–water partition coefficient (Wildman–Crippen LogP) is 5.15. The molecule has 1 N–H and O–H groups in total. The monoisotopic (exact) mass is 501 g/mol. The number of amides is 1. The Hall–Kier alpha value is -4.09. The second-order valence-corrected chi connectivity index (χ2v) is 9.09. The molecule has 0 aliphatic carbocycles. The van der Waals surface area contributed by atoms with Crippen molar-refractivity contribution in [2.24, 2.45) is 5.92 Å². The maximum absolute atomic E-state index is 12.7. The Bertz CT molecular complexity index is 1130. The topological polar surface area (TPSA) is 130 Å². The van der Waals surface area contributed by atoms with Crippen LogP contribution in [0.5, 0.6) is 0 Å². The average Bonchev–Trinajstić information content (AvgIpc) is 3.25. The maximum Gasteiger partial charge on any atom is 0.305 e. The van der Waals surface area contributed by atoms with Gasteiger partial charge in [-0.25, -0.2) is 0 Å². The number of benzene rings is 1. The molecule has 1 heterocycles. The zero-order valence-electron chi connectivity index (χ0n) is 22.0. The van der Waals surface area contributed by atoms with Crippen LogP contribution in [-0.2, 0) is 14.3 Å². The second-order valence-electron chi connectivity index (χ2n) is 9.09. The zero-order chi connectivity index (χ0) is 27.2. The Kier molecular flexibility index (Phi) is 11.9. The summed E-state index contributed by atoms with van der Waals surface area (Å²) in [4.78, 5) is 26.4. The highest BCUT2D eigenvalue weighted by Crippen LogP contribution is 2.31. The molecule has 1 aliphatic rings. The van der Waals surface area contributed by atoms with Gasteiger partial charge in [0.15, 0.2) is 5.57 Å². The maximum atomic E-state index is 12.7. The van der Waals surface area contributed by atoms with E-state index in [1.807, 2.05) is 18.2 Å². The number of unbranched alkanes of at least 4 members (excludes halogenated alkanes) is 3. The molecule has 0 saturated carbocycles. The first-order valence-electron chi connectivity index (χ1n) is 12.9. The van der Waals surface area contributed by atoms with Gasteiger partial charge in [-0.15, -0.1) is 0 Å². The summed E-state index contributed by atoms with van der Waals surface area (Å²) in [6.45, 7) is 6.18. The lowest BCUT2D eigenvalue weighted by atomic mass is 9.97. The number of allylic oxidation sites excluding steroid dienone is 2. The van der Waals surface area contributed by atoms with Crippen molar-refractivity contribution in [3.63, 3.8) is 0 Å². The lowest BCUT2D eigenvalue weighted by Gasteiger charge is -2.29. The fourth-order valence-electron chi connectivity index (χ4n) is 4.43. The van der Waals surface area contributed by atoms with Crippen LogP contribution in [0.4, 0.5) is 5.69 Å². The van der Waals surface area contributed by atoms with Crippen LogP contribution >= 0.6 is 0 Å². The molecule has 194 valence electrons. The Labute approximate surface area is 219 Å². The molecule has 0 radical (unpaired) electrons. The Morgan fingerprint density at radius 3 is 2.32 bits per heavy atom. The van der Waals surface area contributed by atoms with Crippen LogP contribution in [0.25, 0.3) is 5.57 Å². The number of nitrogens with zero attached hydrogens (tertiary/aromatic N) is 4. The summed E-state index contributed by atoms with van der Waals surface area (Å²) in [5.74, 6) is -0.128. The Morgan fingerprint density at radius 2 is 1.76 bits per heavy atom. The Balaban J connectivity index is 2.28. The molecule has 1 unspecified atom stereocenters. The van der Waals surface area contributed by atoms with Crippen LogP contribution in [-0.4, -0.2) is 32.1 Å². The van der Waals surface area contributed by atoms with E-state index >= 15 is 0 Å². The smallest absolute Gasteiger partial charge is 0.305 e. The predicted molar refractivity (Wildman–Crippen MR) is 141 cm³/mol. The summed E-state index contributed by atoms with van der Waals surface area (Å²) in [6.07, 6.45) is 7.67. The van der Waals surface area contributed by atoms with Crippen molar-refractivity contribution in [2.45, 2.75) is 65.2 Å². The minimum atomic E-state index is -0.504. The first-order valence-corrected chi connectivity index (χ1v) is 12.9. The van der Waals surface area contributed by atoms with E-state index in [0.29, 0.717) is 17.9 Å². The van der Waals surface area contributed by atoms with Crippen molar-refractivity contribution in [1.82, 2.24) is 5.32 Å². The van der Waals surface area contributed by atoms with Crippen LogP contribution in [0, 0.1) is 39.9 Å². The van der Waals surface area contributed by atoms with Crippen molar-refractivity contribution in [2.75, 3.05) is 25.1 Å². The van der Waals surface area contributed by atoms with Gasteiger partial charge in [-0.2, -0.15) is 15.8 Å². The number of methoxy groups -OCH3 is 1. The number of carbonyl (C=O) groups is 2. The van der Waals surface area contributed by atoms with E-state index in [9.17, 15) is 25.4 Å². The summed E-state index contributed by atoms with van der Waals surface area (Å²) in [5, 5.41) is 30.5. The summed E-state index contributed by atoms with van der Waals surface area (Å²) in [5.41, 5.74) is 1.41. The molecule has 0 saturated heterocycles. The van der Waals surface area contributed by atoms with E-state index in [1.54, 1.807) is 24.3 Å². The van der Waals surface area contributed by atoms with E-state index < -0.39 is 5.91 Å². The summed E-state index contributed by atoms with van der Waals surface area (Å²) < 4.78 is 4.72. The van der Waals surface area contributed by atoms with Gasteiger partial charge < -0.3 is 15.0 Å². The van der Waals surface area contributed by atoms with Crippen LogP contribution in [0.1, 0.15) is 70.8 Å². The van der Waals surface area contributed by atoms with E-state index in [4.69, 9.17) is 4.74 Å². The lowest BCUT2D eigenvalue weighted by Crippen LogP contribution is -2.30. The van der Waals surface area contributed by atoms with Crippen LogP contribution in [0.2, 0.25) is 0 Å². The van der Waals surface area contributed by atoms with Crippen molar-refractivity contribution >= 4 is 23.1 Å². The second kappa shape index (κ2) is 15.1. The van der Waals surface area contributed by atoms with E-state index in [2.05, 4.69) is 24.1 Å². The molecule has 8 heteroatoms. The normalized spacial score (nSPS) is 13.3. The molecular weight excluding hydrogens is 466 g/mol. The summed E-state index contributed by atoms with van der Waals surface area (Å²) >= 11 is 0. The van der Waals surface area contributed by atoms with Gasteiger partial charge in [0, 0.05) is 25.2 Å². The Morgan fingerprint density at radius 1 is 1.05 bits per heavy atom. The molecule has 0 spiro atoms.